The Hall–Kier alpha value is -0.855. The highest BCUT2D eigenvalue weighted by Crippen LogP contribution is 2.15. The van der Waals surface area contributed by atoms with E-state index in [4.69, 9.17) is 9.31 Å². The van der Waals surface area contributed by atoms with Crippen molar-refractivity contribution in [1.29, 1.82) is 0 Å². The molecule has 3 heteroatoms. The van der Waals surface area contributed by atoms with Crippen molar-refractivity contribution < 1.29 is 9.31 Å². The summed E-state index contributed by atoms with van der Waals surface area (Å²) in [5.74, 6) is 0. The highest BCUT2D eigenvalue weighted by atomic mass is 16.6. The summed E-state index contributed by atoms with van der Waals surface area (Å²) in [5.41, 5.74) is 0.268. The van der Waals surface area contributed by atoms with E-state index in [1.54, 1.807) is 12.5 Å². The van der Waals surface area contributed by atoms with Gasteiger partial charge >= 0.3 is 7.69 Å². The zero-order valence-corrected chi connectivity index (χ0v) is 10.7. The third-order valence-electron chi connectivity index (χ3n) is 1.40. The standard InChI is InChI=1S/C12H22BO2/c1-11(2,3)7-9-14-13-15-10-8-12(4,5)6/h7-10H,1-6H3. The predicted molar refractivity (Wildman–Crippen MR) is 65.1 cm³/mol. The van der Waals surface area contributed by atoms with Crippen LogP contribution in [0.4, 0.5) is 0 Å². The minimum absolute atomic E-state index is 0.134. The van der Waals surface area contributed by atoms with Crippen LogP contribution in [0.15, 0.2) is 24.7 Å². The van der Waals surface area contributed by atoms with E-state index in [1.165, 1.54) is 7.69 Å². The van der Waals surface area contributed by atoms with Gasteiger partial charge in [0.2, 0.25) is 0 Å². The van der Waals surface area contributed by atoms with E-state index >= 15 is 0 Å². The number of hydrogen-bond donors (Lipinski definition) is 0. The van der Waals surface area contributed by atoms with Crippen molar-refractivity contribution in [1.82, 2.24) is 0 Å². The minimum atomic E-state index is 0.134. The summed E-state index contributed by atoms with van der Waals surface area (Å²) in [6, 6.07) is 0. The Morgan fingerprint density at radius 3 is 1.33 bits per heavy atom. The van der Waals surface area contributed by atoms with Crippen LogP contribution >= 0.6 is 0 Å². The molecular formula is C12H22BO2. The minimum Gasteiger partial charge on any atom is -0.533 e. The Balaban J connectivity index is 3.57. The van der Waals surface area contributed by atoms with Crippen molar-refractivity contribution in [2.45, 2.75) is 41.5 Å². The molecule has 0 aromatic carbocycles. The van der Waals surface area contributed by atoms with E-state index in [-0.39, 0.29) is 10.8 Å². The fourth-order valence-electron chi connectivity index (χ4n) is 0.583. The molecule has 0 unspecified atom stereocenters. The van der Waals surface area contributed by atoms with Crippen LogP contribution in [-0.4, -0.2) is 7.69 Å². The smallest absolute Gasteiger partial charge is 0.533 e. The van der Waals surface area contributed by atoms with Crippen molar-refractivity contribution >= 4 is 7.69 Å². The third kappa shape index (κ3) is 13.1. The second kappa shape index (κ2) is 5.89. The average molecular weight is 209 g/mol. The fraction of sp³-hybridized carbons (Fsp3) is 0.667. The maximum absolute atomic E-state index is 5.05. The molecule has 0 N–H and O–H groups in total. The Morgan fingerprint density at radius 1 is 0.733 bits per heavy atom. The number of rotatable bonds is 4. The Bertz CT molecular complexity index is 195. The van der Waals surface area contributed by atoms with Crippen LogP contribution in [0.2, 0.25) is 0 Å². The zero-order chi connectivity index (χ0) is 11.9. The molecule has 0 aromatic rings. The first-order valence-corrected chi connectivity index (χ1v) is 5.19. The molecule has 0 aliphatic rings. The number of allylic oxidation sites excluding steroid dienone is 2. The van der Waals surface area contributed by atoms with Crippen LogP contribution in [0.5, 0.6) is 0 Å². The summed E-state index contributed by atoms with van der Waals surface area (Å²) >= 11 is 0. The molecule has 0 fully saturated rings. The first-order valence-electron chi connectivity index (χ1n) is 5.19. The van der Waals surface area contributed by atoms with E-state index in [0.29, 0.717) is 0 Å². The van der Waals surface area contributed by atoms with Gasteiger partial charge in [-0.25, -0.2) is 0 Å². The molecule has 0 aliphatic heterocycles. The average Bonchev–Trinajstić information content (AvgIpc) is 1.98. The van der Waals surface area contributed by atoms with Gasteiger partial charge in [-0.3, -0.25) is 0 Å². The van der Waals surface area contributed by atoms with Gasteiger partial charge in [0.25, 0.3) is 0 Å². The molecule has 0 aliphatic carbocycles. The van der Waals surface area contributed by atoms with Crippen LogP contribution < -0.4 is 0 Å². The van der Waals surface area contributed by atoms with Gasteiger partial charge in [-0.1, -0.05) is 41.5 Å². The highest BCUT2D eigenvalue weighted by molar-refractivity contribution is 6.18. The van der Waals surface area contributed by atoms with Gasteiger partial charge < -0.3 is 9.31 Å². The summed E-state index contributed by atoms with van der Waals surface area (Å²) in [6.45, 7) is 12.6. The second-order valence-electron chi connectivity index (χ2n) is 5.71. The molecule has 0 rings (SSSR count). The molecule has 0 bridgehead atoms. The SMILES string of the molecule is CC(C)(C)C=CO[B]OC=CC(C)(C)C. The fourth-order valence-corrected chi connectivity index (χ4v) is 0.583. The monoisotopic (exact) mass is 209 g/mol. The molecule has 2 nitrogen and oxygen atoms in total. The lowest BCUT2D eigenvalue weighted by molar-refractivity contribution is 0.364. The van der Waals surface area contributed by atoms with Crippen molar-refractivity contribution in [2.75, 3.05) is 0 Å². The van der Waals surface area contributed by atoms with E-state index in [0.717, 1.165) is 0 Å². The molecule has 0 amide bonds. The molecule has 0 spiro atoms. The molecule has 1 radical (unpaired) electrons. The van der Waals surface area contributed by atoms with Crippen molar-refractivity contribution in [3.8, 4) is 0 Å². The first kappa shape index (κ1) is 14.1. The van der Waals surface area contributed by atoms with Crippen LogP contribution in [0.1, 0.15) is 41.5 Å². The third-order valence-corrected chi connectivity index (χ3v) is 1.40. The topological polar surface area (TPSA) is 18.5 Å². The van der Waals surface area contributed by atoms with Crippen molar-refractivity contribution in [2.24, 2.45) is 10.8 Å². The Labute approximate surface area is 94.7 Å². The molecule has 0 saturated heterocycles. The summed E-state index contributed by atoms with van der Waals surface area (Å²) in [4.78, 5) is 0. The van der Waals surface area contributed by atoms with Gasteiger partial charge in [-0.2, -0.15) is 0 Å². The number of hydrogen-bond acceptors (Lipinski definition) is 2. The van der Waals surface area contributed by atoms with E-state index in [2.05, 4.69) is 41.5 Å². The summed E-state index contributed by atoms with van der Waals surface area (Å²) in [7, 11) is 1.31. The quantitative estimate of drug-likeness (QED) is 0.399. The summed E-state index contributed by atoms with van der Waals surface area (Å²) < 4.78 is 10.1. The van der Waals surface area contributed by atoms with Gasteiger partial charge in [0.05, 0.1) is 12.5 Å². The van der Waals surface area contributed by atoms with Gasteiger partial charge in [0.15, 0.2) is 0 Å². The lowest BCUT2D eigenvalue weighted by atomic mass is 9.97. The highest BCUT2D eigenvalue weighted by Gasteiger charge is 2.05. The molecule has 0 heterocycles. The largest absolute Gasteiger partial charge is 0.657 e. The normalized spacial score (nSPS) is 13.5. The maximum Gasteiger partial charge on any atom is 0.657 e. The van der Waals surface area contributed by atoms with Crippen LogP contribution in [-0.2, 0) is 9.31 Å². The lowest BCUT2D eigenvalue weighted by Crippen LogP contribution is -2.02. The van der Waals surface area contributed by atoms with E-state index in [9.17, 15) is 0 Å². The molecule has 0 atom stereocenters. The molecule has 0 aromatic heterocycles. The molecule has 15 heavy (non-hydrogen) atoms. The lowest BCUT2D eigenvalue weighted by Gasteiger charge is -2.11. The molecular weight excluding hydrogens is 187 g/mol. The van der Waals surface area contributed by atoms with Gasteiger partial charge in [-0.05, 0) is 23.0 Å². The van der Waals surface area contributed by atoms with Crippen molar-refractivity contribution in [3.63, 3.8) is 0 Å². The molecule has 0 saturated carbocycles. The summed E-state index contributed by atoms with van der Waals surface area (Å²) in [6.07, 6.45) is 7.20. The maximum atomic E-state index is 5.05. The van der Waals surface area contributed by atoms with Crippen LogP contribution in [0, 0.1) is 10.8 Å². The van der Waals surface area contributed by atoms with Crippen LogP contribution in [0.3, 0.4) is 0 Å². The first-order chi connectivity index (χ1) is 6.71. The summed E-state index contributed by atoms with van der Waals surface area (Å²) in [5, 5.41) is 0. The van der Waals surface area contributed by atoms with E-state index < -0.39 is 0 Å². The zero-order valence-electron chi connectivity index (χ0n) is 10.7. The van der Waals surface area contributed by atoms with E-state index in [1.807, 2.05) is 12.2 Å². The van der Waals surface area contributed by atoms with Gasteiger partial charge in [-0.15, -0.1) is 0 Å². The van der Waals surface area contributed by atoms with Gasteiger partial charge in [0, 0.05) is 0 Å². The predicted octanol–water partition coefficient (Wildman–Crippen LogP) is 3.67. The second-order valence-corrected chi connectivity index (χ2v) is 5.71. The Morgan fingerprint density at radius 2 is 1.07 bits per heavy atom. The molecule has 85 valence electrons. The van der Waals surface area contributed by atoms with Crippen molar-refractivity contribution in [3.05, 3.63) is 24.7 Å². The van der Waals surface area contributed by atoms with Crippen LogP contribution in [0.25, 0.3) is 0 Å². The Kier molecular flexibility index (Phi) is 5.55. The van der Waals surface area contributed by atoms with Gasteiger partial charge in [0.1, 0.15) is 0 Å².